The van der Waals surface area contributed by atoms with Gasteiger partial charge in [-0.1, -0.05) is 29.8 Å². The highest BCUT2D eigenvalue weighted by atomic mass is 16.6. The van der Waals surface area contributed by atoms with Gasteiger partial charge < -0.3 is 9.47 Å². The van der Waals surface area contributed by atoms with E-state index < -0.39 is 34.2 Å². The number of nitro groups is 1. The molecular weight excluding hydrogens is 278 g/mol. The Morgan fingerprint density at radius 3 is 2.00 bits per heavy atom. The summed E-state index contributed by atoms with van der Waals surface area (Å²) in [5.41, 5.74) is -0.390. The topological polar surface area (TPSA) is 95.7 Å². The predicted molar refractivity (Wildman–Crippen MR) is 71.2 cm³/mol. The van der Waals surface area contributed by atoms with Gasteiger partial charge in [-0.25, -0.2) is 0 Å². The maximum atomic E-state index is 12.0. The Balaban J connectivity index is 2.52. The molecule has 1 aliphatic carbocycles. The minimum atomic E-state index is -1.90. The van der Waals surface area contributed by atoms with Gasteiger partial charge in [-0.2, -0.15) is 0 Å². The molecule has 0 spiro atoms. The summed E-state index contributed by atoms with van der Waals surface area (Å²) in [6.45, 7) is 1.87. The number of nitrogens with zero attached hydrogens (tertiary/aromatic N) is 1. The van der Waals surface area contributed by atoms with Gasteiger partial charge in [0, 0.05) is 4.92 Å². The Hall–Kier alpha value is -2.44. The average molecular weight is 293 g/mol. The SMILES string of the molecule is COC(=O)C1(C(=O)OC)[C@@H]([N+](=O)[O-])[C@@H]1c1ccc(C)cc1. The van der Waals surface area contributed by atoms with Crippen LogP contribution in [0.1, 0.15) is 17.0 Å². The van der Waals surface area contributed by atoms with Crippen LogP contribution in [-0.2, 0) is 19.1 Å². The van der Waals surface area contributed by atoms with E-state index in [-0.39, 0.29) is 0 Å². The molecule has 2 rings (SSSR count). The molecule has 0 unspecified atom stereocenters. The predicted octanol–water partition coefficient (Wildman–Crippen LogP) is 1.07. The highest BCUT2D eigenvalue weighted by molar-refractivity contribution is 6.06. The molecular formula is C14H15NO6. The lowest BCUT2D eigenvalue weighted by molar-refractivity contribution is -0.501. The monoisotopic (exact) mass is 293 g/mol. The third-order valence-electron chi connectivity index (χ3n) is 3.87. The summed E-state index contributed by atoms with van der Waals surface area (Å²) >= 11 is 0. The third kappa shape index (κ3) is 2.05. The lowest BCUT2D eigenvalue weighted by Gasteiger charge is -2.10. The molecule has 1 aromatic rings. The number of carbonyl (C=O) groups is 2. The summed E-state index contributed by atoms with van der Waals surface area (Å²) in [5, 5.41) is 11.3. The summed E-state index contributed by atoms with van der Waals surface area (Å²) in [5.74, 6) is -2.77. The fraction of sp³-hybridized carbons (Fsp3) is 0.429. The number of esters is 2. The van der Waals surface area contributed by atoms with Crippen molar-refractivity contribution in [2.75, 3.05) is 14.2 Å². The number of hydrogen-bond acceptors (Lipinski definition) is 6. The van der Waals surface area contributed by atoms with E-state index in [2.05, 4.69) is 9.47 Å². The summed E-state index contributed by atoms with van der Waals surface area (Å²) in [7, 11) is 2.18. The van der Waals surface area contributed by atoms with Crippen molar-refractivity contribution in [3.05, 3.63) is 45.5 Å². The largest absolute Gasteiger partial charge is 0.468 e. The van der Waals surface area contributed by atoms with Crippen LogP contribution >= 0.6 is 0 Å². The molecule has 21 heavy (non-hydrogen) atoms. The van der Waals surface area contributed by atoms with E-state index in [1.807, 2.05) is 6.92 Å². The number of carbonyl (C=O) groups excluding carboxylic acids is 2. The van der Waals surface area contributed by atoms with Gasteiger partial charge in [0.15, 0.2) is 0 Å². The van der Waals surface area contributed by atoms with Gasteiger partial charge in [0.05, 0.1) is 20.1 Å². The first-order valence-corrected chi connectivity index (χ1v) is 6.28. The molecule has 7 heteroatoms. The Labute approximate surface area is 121 Å². The summed E-state index contributed by atoms with van der Waals surface area (Å²) < 4.78 is 9.22. The van der Waals surface area contributed by atoms with Crippen molar-refractivity contribution in [2.45, 2.75) is 18.9 Å². The summed E-state index contributed by atoms with van der Waals surface area (Å²) in [6.07, 6.45) is 0. The fourth-order valence-electron chi connectivity index (χ4n) is 2.79. The summed E-state index contributed by atoms with van der Waals surface area (Å²) in [6, 6.07) is 5.50. The van der Waals surface area contributed by atoms with E-state index in [4.69, 9.17) is 0 Å². The molecule has 7 nitrogen and oxygen atoms in total. The molecule has 0 amide bonds. The number of benzene rings is 1. The van der Waals surface area contributed by atoms with E-state index >= 15 is 0 Å². The molecule has 0 saturated heterocycles. The lowest BCUT2D eigenvalue weighted by atomic mass is 9.98. The van der Waals surface area contributed by atoms with E-state index in [1.165, 1.54) is 0 Å². The van der Waals surface area contributed by atoms with Crippen molar-refractivity contribution >= 4 is 11.9 Å². The van der Waals surface area contributed by atoms with E-state index in [1.54, 1.807) is 24.3 Å². The second-order valence-corrected chi connectivity index (χ2v) is 4.97. The average Bonchev–Trinajstić information content (AvgIpc) is 3.17. The lowest BCUT2D eigenvalue weighted by Crippen LogP contribution is -2.34. The molecule has 0 radical (unpaired) electrons. The Morgan fingerprint density at radius 1 is 1.14 bits per heavy atom. The second-order valence-electron chi connectivity index (χ2n) is 4.97. The van der Waals surface area contributed by atoms with E-state index in [0.29, 0.717) is 5.56 Å². The fourth-order valence-corrected chi connectivity index (χ4v) is 2.79. The van der Waals surface area contributed by atoms with Gasteiger partial charge in [-0.15, -0.1) is 0 Å². The first-order valence-electron chi connectivity index (χ1n) is 6.28. The smallest absolute Gasteiger partial charge is 0.331 e. The van der Waals surface area contributed by atoms with Gasteiger partial charge >= 0.3 is 11.9 Å². The standard InChI is InChI=1S/C14H15NO6/c1-8-4-6-9(7-5-8)10-11(15(18)19)14(10,12(16)20-2)13(17)21-3/h4-7,10-11H,1-3H3/t10-,11-/m0/s1. The van der Waals surface area contributed by atoms with Crippen LogP contribution in [-0.4, -0.2) is 37.1 Å². The van der Waals surface area contributed by atoms with Crippen LogP contribution in [0.2, 0.25) is 0 Å². The molecule has 1 saturated carbocycles. The zero-order valence-corrected chi connectivity index (χ0v) is 11.9. The molecule has 0 aromatic heterocycles. The molecule has 1 aromatic carbocycles. The maximum absolute atomic E-state index is 12.0. The highest BCUT2D eigenvalue weighted by Crippen LogP contribution is 2.62. The molecule has 0 aliphatic heterocycles. The molecule has 112 valence electrons. The van der Waals surface area contributed by atoms with Crippen molar-refractivity contribution in [1.29, 1.82) is 0 Å². The van der Waals surface area contributed by atoms with Gasteiger partial charge in [0.25, 0.3) is 0 Å². The van der Waals surface area contributed by atoms with Crippen LogP contribution in [0.4, 0.5) is 0 Å². The van der Waals surface area contributed by atoms with Crippen LogP contribution in [0.5, 0.6) is 0 Å². The molecule has 1 aliphatic rings. The molecule has 1 fully saturated rings. The van der Waals surface area contributed by atoms with Crippen molar-refractivity contribution < 1.29 is 24.0 Å². The molecule has 0 bridgehead atoms. The quantitative estimate of drug-likeness (QED) is 0.356. The van der Waals surface area contributed by atoms with Crippen molar-refractivity contribution in [1.82, 2.24) is 0 Å². The molecule has 0 N–H and O–H groups in total. The first kappa shape index (κ1) is 15.0. The van der Waals surface area contributed by atoms with Crippen molar-refractivity contribution in [3.63, 3.8) is 0 Å². The third-order valence-corrected chi connectivity index (χ3v) is 3.87. The number of aryl methyl sites for hydroxylation is 1. The number of ether oxygens (including phenoxy) is 2. The van der Waals surface area contributed by atoms with Crippen LogP contribution in [0.15, 0.2) is 24.3 Å². The highest BCUT2D eigenvalue weighted by Gasteiger charge is 2.85. The molecule has 0 heterocycles. The number of rotatable bonds is 4. The second kappa shape index (κ2) is 5.16. The summed E-state index contributed by atoms with van der Waals surface area (Å²) in [4.78, 5) is 34.7. The molecule has 2 atom stereocenters. The van der Waals surface area contributed by atoms with Crippen LogP contribution in [0.25, 0.3) is 0 Å². The first-order chi connectivity index (χ1) is 9.91. The van der Waals surface area contributed by atoms with Gasteiger partial charge in [0.1, 0.15) is 0 Å². The van der Waals surface area contributed by atoms with E-state index in [0.717, 1.165) is 19.8 Å². The Bertz CT molecular complexity index is 578. The van der Waals surface area contributed by atoms with Crippen LogP contribution in [0.3, 0.4) is 0 Å². The zero-order valence-electron chi connectivity index (χ0n) is 11.9. The zero-order chi connectivity index (χ0) is 15.8. The number of hydrogen-bond donors (Lipinski definition) is 0. The van der Waals surface area contributed by atoms with Gasteiger partial charge in [-0.3, -0.25) is 19.7 Å². The van der Waals surface area contributed by atoms with Gasteiger partial charge in [-0.05, 0) is 12.5 Å². The van der Waals surface area contributed by atoms with E-state index in [9.17, 15) is 19.7 Å². The van der Waals surface area contributed by atoms with Crippen LogP contribution in [0, 0.1) is 22.5 Å². The normalized spacial score (nSPS) is 22.2. The van der Waals surface area contributed by atoms with Crippen molar-refractivity contribution in [2.24, 2.45) is 5.41 Å². The minimum absolute atomic E-state index is 0.540. The van der Waals surface area contributed by atoms with Crippen molar-refractivity contribution in [3.8, 4) is 0 Å². The van der Waals surface area contributed by atoms with Gasteiger partial charge in [0.2, 0.25) is 11.5 Å². The number of methoxy groups -OCH3 is 2. The Kier molecular flexibility index (Phi) is 3.67. The Morgan fingerprint density at radius 2 is 1.62 bits per heavy atom. The van der Waals surface area contributed by atoms with Crippen LogP contribution < -0.4 is 0 Å². The minimum Gasteiger partial charge on any atom is -0.468 e. The maximum Gasteiger partial charge on any atom is 0.331 e.